The van der Waals surface area contributed by atoms with Gasteiger partial charge in [-0.25, -0.2) is 4.39 Å². The average Bonchev–Trinajstić information content (AvgIpc) is 3.33. The topological polar surface area (TPSA) is 74.5 Å². The SMILES string of the molecule is N#Cc1ccc2c(c1)C1(CCC2)Cc2nc(OC[C@@]34CCCN3CC(F)C4)nc(N3CCCCCC3)c2CO1. The summed E-state index contributed by atoms with van der Waals surface area (Å²) in [6, 6.07) is 8.75. The smallest absolute Gasteiger partial charge is 0.318 e. The lowest BCUT2D eigenvalue weighted by Gasteiger charge is -2.43. The molecule has 5 aliphatic rings. The first kappa shape index (κ1) is 25.2. The summed E-state index contributed by atoms with van der Waals surface area (Å²) in [7, 11) is 0. The first-order valence-electron chi connectivity index (χ1n) is 14.9. The summed E-state index contributed by atoms with van der Waals surface area (Å²) in [5.74, 6) is 0.948. The van der Waals surface area contributed by atoms with Crippen molar-refractivity contribution < 1.29 is 13.9 Å². The van der Waals surface area contributed by atoms with E-state index >= 15 is 0 Å². The molecule has 5 heterocycles. The summed E-state index contributed by atoms with van der Waals surface area (Å²) < 4.78 is 27.6. The molecule has 0 bridgehead atoms. The maximum absolute atomic E-state index is 14.4. The minimum atomic E-state index is -0.785. The van der Waals surface area contributed by atoms with E-state index in [0.717, 1.165) is 87.2 Å². The van der Waals surface area contributed by atoms with Crippen LogP contribution in [0.1, 0.15) is 85.7 Å². The zero-order valence-corrected chi connectivity index (χ0v) is 22.8. The van der Waals surface area contributed by atoms with Crippen molar-refractivity contribution in [1.29, 1.82) is 5.26 Å². The fraction of sp³-hybridized carbons (Fsp3) is 0.645. The molecular formula is C31H38FN5O2. The average molecular weight is 532 g/mol. The molecular weight excluding hydrogens is 493 g/mol. The minimum absolute atomic E-state index is 0.234. The van der Waals surface area contributed by atoms with E-state index in [1.54, 1.807) is 0 Å². The zero-order valence-electron chi connectivity index (χ0n) is 22.8. The van der Waals surface area contributed by atoms with Gasteiger partial charge in [-0.1, -0.05) is 18.9 Å². The highest BCUT2D eigenvalue weighted by molar-refractivity contribution is 5.53. The number of ether oxygens (including phenoxy) is 2. The molecule has 7 rings (SSSR count). The van der Waals surface area contributed by atoms with Crippen LogP contribution < -0.4 is 9.64 Å². The van der Waals surface area contributed by atoms with Crippen molar-refractivity contribution in [2.24, 2.45) is 0 Å². The van der Waals surface area contributed by atoms with E-state index in [9.17, 15) is 9.65 Å². The minimum Gasteiger partial charge on any atom is -0.461 e. The van der Waals surface area contributed by atoms with E-state index in [1.807, 2.05) is 12.1 Å². The molecule has 4 aliphatic heterocycles. The number of fused-ring (bicyclic) bond motifs is 4. The van der Waals surface area contributed by atoms with Gasteiger partial charge in [0, 0.05) is 38.0 Å². The van der Waals surface area contributed by atoms with Crippen LogP contribution in [-0.4, -0.2) is 59.4 Å². The van der Waals surface area contributed by atoms with E-state index in [4.69, 9.17) is 19.4 Å². The number of rotatable bonds is 4. The number of hydrogen-bond acceptors (Lipinski definition) is 7. The lowest BCUT2D eigenvalue weighted by molar-refractivity contribution is -0.0855. The van der Waals surface area contributed by atoms with Gasteiger partial charge in [0.25, 0.3) is 0 Å². The van der Waals surface area contributed by atoms with Gasteiger partial charge in [-0.2, -0.15) is 15.2 Å². The van der Waals surface area contributed by atoms with Gasteiger partial charge in [0.05, 0.1) is 35.1 Å². The number of hydrogen-bond donors (Lipinski definition) is 0. The number of aryl methyl sites for hydroxylation is 1. The largest absolute Gasteiger partial charge is 0.461 e. The van der Waals surface area contributed by atoms with Gasteiger partial charge < -0.3 is 14.4 Å². The Balaban J connectivity index is 1.24. The number of benzene rings is 1. The molecule has 0 N–H and O–H groups in total. The van der Waals surface area contributed by atoms with Crippen LogP contribution in [0.3, 0.4) is 0 Å². The Kier molecular flexibility index (Phi) is 6.48. The maximum atomic E-state index is 14.4. The molecule has 3 atom stereocenters. The van der Waals surface area contributed by atoms with Crippen molar-refractivity contribution in [3.8, 4) is 12.1 Å². The quantitative estimate of drug-likeness (QED) is 0.550. The van der Waals surface area contributed by atoms with Gasteiger partial charge in [0.2, 0.25) is 0 Å². The molecule has 8 heteroatoms. The molecule has 206 valence electrons. The molecule has 3 fully saturated rings. The Labute approximate surface area is 230 Å². The van der Waals surface area contributed by atoms with Crippen molar-refractivity contribution >= 4 is 5.82 Å². The molecule has 0 saturated carbocycles. The molecule has 2 unspecified atom stereocenters. The highest BCUT2D eigenvalue weighted by atomic mass is 19.1. The van der Waals surface area contributed by atoms with Crippen LogP contribution in [0, 0.1) is 11.3 Å². The number of aromatic nitrogens is 2. The molecule has 7 nitrogen and oxygen atoms in total. The number of halogens is 1. The van der Waals surface area contributed by atoms with Gasteiger partial charge in [0.15, 0.2) is 0 Å². The van der Waals surface area contributed by atoms with Crippen molar-refractivity contribution in [2.75, 3.05) is 37.7 Å². The summed E-state index contributed by atoms with van der Waals surface area (Å²) in [4.78, 5) is 14.7. The predicted octanol–water partition coefficient (Wildman–Crippen LogP) is 4.99. The molecule has 1 aliphatic carbocycles. The highest BCUT2D eigenvalue weighted by Crippen LogP contribution is 2.47. The van der Waals surface area contributed by atoms with Gasteiger partial charge in [-0.05, 0) is 74.8 Å². The summed E-state index contributed by atoms with van der Waals surface area (Å²) in [6.45, 7) is 4.29. The Morgan fingerprint density at radius 1 is 1.08 bits per heavy atom. The van der Waals surface area contributed by atoms with Crippen LogP contribution in [0.15, 0.2) is 18.2 Å². The van der Waals surface area contributed by atoms with Crippen LogP contribution in [0.5, 0.6) is 6.01 Å². The third-order valence-electron chi connectivity index (χ3n) is 9.89. The lowest BCUT2D eigenvalue weighted by Crippen LogP contribution is -2.44. The summed E-state index contributed by atoms with van der Waals surface area (Å²) >= 11 is 0. The Morgan fingerprint density at radius 3 is 2.79 bits per heavy atom. The van der Waals surface area contributed by atoms with Crippen LogP contribution in [-0.2, 0) is 29.8 Å². The van der Waals surface area contributed by atoms with Crippen LogP contribution in [0.2, 0.25) is 0 Å². The molecule has 1 aromatic carbocycles. The lowest BCUT2D eigenvalue weighted by atomic mass is 9.74. The molecule has 0 amide bonds. The van der Waals surface area contributed by atoms with E-state index in [2.05, 4.69) is 21.9 Å². The number of anilines is 1. The summed E-state index contributed by atoms with van der Waals surface area (Å²) in [5.41, 5.74) is 4.43. The summed E-state index contributed by atoms with van der Waals surface area (Å²) in [5, 5.41) is 9.59. The van der Waals surface area contributed by atoms with E-state index in [1.165, 1.54) is 18.4 Å². The van der Waals surface area contributed by atoms with Gasteiger partial charge in [0.1, 0.15) is 18.6 Å². The zero-order chi connectivity index (χ0) is 26.5. The fourth-order valence-corrected chi connectivity index (χ4v) is 7.90. The molecule has 3 saturated heterocycles. The second-order valence-electron chi connectivity index (χ2n) is 12.3. The van der Waals surface area contributed by atoms with Crippen molar-refractivity contribution in [3.63, 3.8) is 0 Å². The van der Waals surface area contributed by atoms with E-state index in [0.29, 0.717) is 44.2 Å². The molecule has 39 heavy (non-hydrogen) atoms. The molecule has 0 radical (unpaired) electrons. The second-order valence-corrected chi connectivity index (χ2v) is 12.3. The molecule has 2 aromatic rings. The van der Waals surface area contributed by atoms with Crippen molar-refractivity contribution in [3.05, 3.63) is 46.1 Å². The Morgan fingerprint density at radius 2 is 1.95 bits per heavy atom. The normalized spacial score (nSPS) is 30.4. The maximum Gasteiger partial charge on any atom is 0.318 e. The van der Waals surface area contributed by atoms with Crippen molar-refractivity contribution in [2.45, 2.75) is 94.5 Å². The first-order valence-corrected chi connectivity index (χ1v) is 14.9. The van der Waals surface area contributed by atoms with Crippen LogP contribution in [0.25, 0.3) is 0 Å². The van der Waals surface area contributed by atoms with Gasteiger partial charge in [-0.3, -0.25) is 4.90 Å². The Bertz CT molecular complexity index is 1290. The predicted molar refractivity (Wildman–Crippen MR) is 146 cm³/mol. The van der Waals surface area contributed by atoms with Crippen LogP contribution >= 0.6 is 0 Å². The molecule has 1 aromatic heterocycles. The van der Waals surface area contributed by atoms with Crippen molar-refractivity contribution in [1.82, 2.24) is 14.9 Å². The highest BCUT2D eigenvalue weighted by Gasteiger charge is 2.49. The molecule has 1 spiro atoms. The van der Waals surface area contributed by atoms with Gasteiger partial charge >= 0.3 is 6.01 Å². The summed E-state index contributed by atoms with van der Waals surface area (Å²) in [6.07, 6.45) is 10.2. The fourth-order valence-electron chi connectivity index (χ4n) is 7.90. The van der Waals surface area contributed by atoms with Gasteiger partial charge in [-0.15, -0.1) is 0 Å². The number of alkyl halides is 1. The monoisotopic (exact) mass is 531 g/mol. The standard InChI is InChI=1S/C31H38FN5O2/c32-24-16-30(10-6-14-37(30)19-24)21-38-29-34-27-17-31(11-5-7-23-9-8-22(18-33)15-26(23)31)39-20-25(27)28(35-29)36-12-3-1-2-4-13-36/h8-9,15,24H,1-7,10-14,16-17,19-21H2/t24?,30-,31?/m0/s1. The van der Waals surface area contributed by atoms with E-state index < -0.39 is 11.8 Å². The first-order chi connectivity index (χ1) is 19.1. The van der Waals surface area contributed by atoms with Crippen LogP contribution in [0.4, 0.5) is 10.2 Å². The number of nitrogens with zero attached hydrogens (tertiary/aromatic N) is 5. The van der Waals surface area contributed by atoms with E-state index in [-0.39, 0.29) is 5.54 Å². The third-order valence-corrected chi connectivity index (χ3v) is 9.89. The Hall–Kier alpha value is -2.76. The number of nitriles is 1. The second kappa shape index (κ2) is 10.0. The third kappa shape index (κ3) is 4.48.